The van der Waals surface area contributed by atoms with Gasteiger partial charge in [0.15, 0.2) is 0 Å². The Kier molecular flexibility index (Phi) is 4.29. The van der Waals surface area contributed by atoms with Crippen LogP contribution in [0.2, 0.25) is 0 Å². The van der Waals surface area contributed by atoms with E-state index in [0.29, 0.717) is 5.69 Å². The number of rotatable bonds is 3. The summed E-state index contributed by atoms with van der Waals surface area (Å²) in [4.78, 5) is 25.9. The average molecular weight is 354 g/mol. The van der Waals surface area contributed by atoms with Gasteiger partial charge < -0.3 is 10.2 Å². The van der Waals surface area contributed by atoms with Crippen LogP contribution in [0.15, 0.2) is 24.3 Å². The summed E-state index contributed by atoms with van der Waals surface area (Å²) in [6.45, 7) is 2.97. The molecule has 1 aromatic carbocycles. The zero-order valence-electron chi connectivity index (χ0n) is 14.2. The van der Waals surface area contributed by atoms with Crippen molar-refractivity contribution in [2.24, 2.45) is 11.8 Å². The molecule has 3 rings (SSSR count). The van der Waals surface area contributed by atoms with Gasteiger partial charge >= 0.3 is 6.18 Å². The van der Waals surface area contributed by atoms with E-state index in [1.807, 2.05) is 0 Å². The first-order valence-electron chi connectivity index (χ1n) is 8.40. The third-order valence-electron chi connectivity index (χ3n) is 5.16. The fraction of sp³-hybridized carbons (Fsp3) is 0.556. The first-order valence-corrected chi connectivity index (χ1v) is 8.40. The number of nitrogens with one attached hydrogen (secondary N) is 1. The normalized spacial score (nSPS) is 22.8. The number of likely N-dealkylation sites (tertiary alicyclic amines) is 1. The first-order chi connectivity index (χ1) is 11.6. The number of nitrogens with zero attached hydrogens (tertiary/aromatic N) is 1. The number of halogens is 3. The summed E-state index contributed by atoms with van der Waals surface area (Å²) in [5.41, 5.74) is -0.528. The van der Waals surface area contributed by atoms with E-state index in [2.05, 4.69) is 5.32 Å². The summed E-state index contributed by atoms with van der Waals surface area (Å²) in [5, 5.41) is 2.75. The van der Waals surface area contributed by atoms with Crippen molar-refractivity contribution in [2.75, 3.05) is 11.9 Å². The molecule has 0 radical (unpaired) electrons. The minimum Gasteiger partial charge on any atom is -0.333 e. The molecule has 1 atom stereocenters. The van der Waals surface area contributed by atoms with Crippen molar-refractivity contribution < 1.29 is 22.8 Å². The Morgan fingerprint density at radius 1 is 1.20 bits per heavy atom. The summed E-state index contributed by atoms with van der Waals surface area (Å²) >= 11 is 0. The van der Waals surface area contributed by atoms with Crippen molar-refractivity contribution in [1.82, 2.24) is 4.90 Å². The Labute approximate surface area is 144 Å². The SMILES string of the molecule is CC1(C)[C@@H](C(F)(F)F)CCN1C(=O)c1cccc(NC(=O)C2CC2)c1. The molecule has 1 aliphatic heterocycles. The number of hydrogen-bond donors (Lipinski definition) is 1. The molecule has 1 N–H and O–H groups in total. The van der Waals surface area contributed by atoms with Crippen LogP contribution in [0.4, 0.5) is 18.9 Å². The molecule has 2 amide bonds. The van der Waals surface area contributed by atoms with Crippen LogP contribution >= 0.6 is 0 Å². The largest absolute Gasteiger partial charge is 0.394 e. The van der Waals surface area contributed by atoms with Crippen LogP contribution in [0, 0.1) is 11.8 Å². The predicted octanol–water partition coefficient (Wildman–Crippen LogP) is 3.84. The summed E-state index contributed by atoms with van der Waals surface area (Å²) < 4.78 is 39.6. The van der Waals surface area contributed by atoms with Gasteiger partial charge in [-0.1, -0.05) is 6.07 Å². The standard InChI is InChI=1S/C18H21F3N2O2/c1-17(2)14(18(19,20)21)8-9-23(17)16(25)12-4-3-5-13(10-12)22-15(24)11-6-7-11/h3-5,10-11,14H,6-9H2,1-2H3,(H,22,24)/t14-/m0/s1. The van der Waals surface area contributed by atoms with Crippen LogP contribution in [-0.4, -0.2) is 35.0 Å². The molecule has 25 heavy (non-hydrogen) atoms. The Morgan fingerprint density at radius 2 is 1.88 bits per heavy atom. The van der Waals surface area contributed by atoms with Crippen LogP contribution in [0.3, 0.4) is 0 Å². The van der Waals surface area contributed by atoms with Gasteiger partial charge in [-0.15, -0.1) is 0 Å². The highest BCUT2D eigenvalue weighted by molar-refractivity contribution is 5.98. The first kappa shape index (κ1) is 17.8. The Bertz CT molecular complexity index is 696. The van der Waals surface area contributed by atoms with E-state index in [-0.39, 0.29) is 30.4 Å². The highest BCUT2D eigenvalue weighted by Gasteiger charge is 2.56. The zero-order chi connectivity index (χ0) is 18.4. The molecule has 2 fully saturated rings. The lowest BCUT2D eigenvalue weighted by molar-refractivity contribution is -0.189. The third kappa shape index (κ3) is 3.50. The molecule has 1 heterocycles. The van der Waals surface area contributed by atoms with Gasteiger partial charge in [-0.25, -0.2) is 0 Å². The molecule has 0 unspecified atom stereocenters. The van der Waals surface area contributed by atoms with E-state index in [4.69, 9.17) is 0 Å². The highest BCUT2D eigenvalue weighted by atomic mass is 19.4. The van der Waals surface area contributed by atoms with Gasteiger partial charge in [-0.05, 0) is 51.3 Å². The molecule has 1 saturated heterocycles. The lowest BCUT2D eigenvalue weighted by Crippen LogP contribution is -2.49. The summed E-state index contributed by atoms with van der Waals surface area (Å²) in [7, 11) is 0. The Balaban J connectivity index is 1.78. The minimum atomic E-state index is -4.33. The van der Waals surface area contributed by atoms with Crippen molar-refractivity contribution in [3.05, 3.63) is 29.8 Å². The molecule has 7 heteroatoms. The topological polar surface area (TPSA) is 49.4 Å². The van der Waals surface area contributed by atoms with Crippen molar-refractivity contribution in [3.63, 3.8) is 0 Å². The van der Waals surface area contributed by atoms with Crippen molar-refractivity contribution in [2.45, 2.75) is 44.8 Å². The number of amides is 2. The molecular weight excluding hydrogens is 333 g/mol. The number of anilines is 1. The maximum Gasteiger partial charge on any atom is 0.394 e. The molecule has 4 nitrogen and oxygen atoms in total. The lowest BCUT2D eigenvalue weighted by atomic mass is 9.87. The maximum absolute atomic E-state index is 13.2. The smallest absolute Gasteiger partial charge is 0.333 e. The zero-order valence-corrected chi connectivity index (χ0v) is 14.2. The van der Waals surface area contributed by atoms with Crippen molar-refractivity contribution >= 4 is 17.5 Å². The molecule has 0 aromatic heterocycles. The summed E-state index contributed by atoms with van der Waals surface area (Å²) in [5.74, 6) is -2.03. The van der Waals surface area contributed by atoms with Gasteiger partial charge in [0.2, 0.25) is 5.91 Å². The van der Waals surface area contributed by atoms with Gasteiger partial charge in [0.1, 0.15) is 0 Å². The number of alkyl halides is 3. The van der Waals surface area contributed by atoms with Crippen LogP contribution in [0.5, 0.6) is 0 Å². The maximum atomic E-state index is 13.2. The van der Waals surface area contributed by atoms with Crippen LogP contribution in [-0.2, 0) is 4.79 Å². The predicted molar refractivity (Wildman–Crippen MR) is 87.1 cm³/mol. The minimum absolute atomic E-state index is 0.0319. The molecule has 136 valence electrons. The van der Waals surface area contributed by atoms with Crippen LogP contribution in [0.25, 0.3) is 0 Å². The van der Waals surface area contributed by atoms with Crippen molar-refractivity contribution in [1.29, 1.82) is 0 Å². The fourth-order valence-electron chi connectivity index (χ4n) is 3.49. The van der Waals surface area contributed by atoms with E-state index in [1.54, 1.807) is 18.2 Å². The fourth-order valence-corrected chi connectivity index (χ4v) is 3.49. The van der Waals surface area contributed by atoms with E-state index in [9.17, 15) is 22.8 Å². The third-order valence-corrected chi connectivity index (χ3v) is 5.16. The number of benzene rings is 1. The second kappa shape index (κ2) is 6.04. The Hall–Kier alpha value is -2.05. The van der Waals surface area contributed by atoms with Gasteiger partial charge in [-0.3, -0.25) is 9.59 Å². The molecule has 0 bridgehead atoms. The van der Waals surface area contributed by atoms with Crippen LogP contribution < -0.4 is 5.32 Å². The van der Waals surface area contributed by atoms with E-state index in [0.717, 1.165) is 12.8 Å². The second-order valence-electron chi connectivity index (χ2n) is 7.34. The van der Waals surface area contributed by atoms with Crippen LogP contribution in [0.1, 0.15) is 43.5 Å². The number of hydrogen-bond acceptors (Lipinski definition) is 2. The molecule has 1 saturated carbocycles. The summed E-state index contributed by atoms with van der Waals surface area (Å²) in [6, 6.07) is 6.39. The van der Waals surface area contributed by atoms with E-state index in [1.165, 1.54) is 24.8 Å². The van der Waals surface area contributed by atoms with Crippen molar-refractivity contribution in [3.8, 4) is 0 Å². The number of carbonyl (C=O) groups is 2. The highest BCUT2D eigenvalue weighted by Crippen LogP contribution is 2.45. The molecule has 2 aliphatic rings. The summed E-state index contributed by atoms with van der Waals surface area (Å²) in [6.07, 6.45) is -2.70. The second-order valence-corrected chi connectivity index (χ2v) is 7.34. The monoisotopic (exact) mass is 354 g/mol. The Morgan fingerprint density at radius 3 is 2.44 bits per heavy atom. The van der Waals surface area contributed by atoms with Gasteiger partial charge in [0, 0.05) is 29.3 Å². The molecule has 1 aliphatic carbocycles. The molecule has 1 aromatic rings. The van der Waals surface area contributed by atoms with Gasteiger partial charge in [-0.2, -0.15) is 13.2 Å². The van der Waals surface area contributed by atoms with E-state index >= 15 is 0 Å². The average Bonchev–Trinajstić information content (AvgIpc) is 3.30. The molecule has 0 spiro atoms. The van der Waals surface area contributed by atoms with Gasteiger partial charge in [0.25, 0.3) is 5.91 Å². The van der Waals surface area contributed by atoms with Gasteiger partial charge in [0.05, 0.1) is 5.92 Å². The lowest BCUT2D eigenvalue weighted by Gasteiger charge is -2.36. The van der Waals surface area contributed by atoms with E-state index < -0.39 is 23.5 Å². The molecular formula is C18H21F3N2O2. The number of carbonyl (C=O) groups excluding carboxylic acids is 2. The quantitative estimate of drug-likeness (QED) is 0.897.